The Labute approximate surface area is 113 Å². The summed E-state index contributed by atoms with van der Waals surface area (Å²) in [5.41, 5.74) is 0.802. The van der Waals surface area contributed by atoms with Crippen LogP contribution >= 0.6 is 22.9 Å². The van der Waals surface area contributed by atoms with E-state index >= 15 is 0 Å². The summed E-state index contributed by atoms with van der Waals surface area (Å²) in [6, 6.07) is 13.4. The number of halogens is 1. The molecule has 0 bridgehead atoms. The van der Waals surface area contributed by atoms with Gasteiger partial charge in [-0.3, -0.25) is 0 Å². The average molecular weight is 279 g/mol. The highest BCUT2D eigenvalue weighted by Gasteiger charge is 2.14. The van der Waals surface area contributed by atoms with Crippen LogP contribution in [0.15, 0.2) is 46.9 Å². The molecule has 1 unspecified atom stereocenters. The van der Waals surface area contributed by atoms with E-state index in [1.165, 1.54) is 11.3 Å². The standard InChI is InChI=1S/C14H11ClO2S/c15-14-6-5-10(18-14)8-11(16)13-7-9-3-1-2-4-12(9)17-13/h1-7,11,16H,8H2. The van der Waals surface area contributed by atoms with Crippen molar-refractivity contribution < 1.29 is 9.52 Å². The van der Waals surface area contributed by atoms with Crippen LogP contribution in [0.5, 0.6) is 0 Å². The van der Waals surface area contributed by atoms with Gasteiger partial charge < -0.3 is 9.52 Å². The van der Waals surface area contributed by atoms with Gasteiger partial charge >= 0.3 is 0 Å². The van der Waals surface area contributed by atoms with E-state index in [1.54, 1.807) is 0 Å². The van der Waals surface area contributed by atoms with Gasteiger partial charge in [0.15, 0.2) is 0 Å². The van der Waals surface area contributed by atoms with Gasteiger partial charge in [-0.2, -0.15) is 0 Å². The van der Waals surface area contributed by atoms with Crippen molar-refractivity contribution in [1.82, 2.24) is 0 Å². The molecule has 1 aromatic carbocycles. The van der Waals surface area contributed by atoms with Gasteiger partial charge in [0.25, 0.3) is 0 Å². The molecule has 0 amide bonds. The quantitative estimate of drug-likeness (QED) is 0.769. The molecule has 3 rings (SSSR count). The molecule has 0 aliphatic heterocycles. The van der Waals surface area contributed by atoms with Gasteiger partial charge in [-0.1, -0.05) is 29.8 Å². The number of fused-ring (bicyclic) bond motifs is 1. The molecule has 3 aromatic rings. The van der Waals surface area contributed by atoms with Crippen LogP contribution in [0, 0.1) is 0 Å². The molecule has 0 saturated carbocycles. The summed E-state index contributed by atoms with van der Waals surface area (Å²) in [4.78, 5) is 1.05. The summed E-state index contributed by atoms with van der Waals surface area (Å²) in [6.07, 6.45) is -0.107. The van der Waals surface area contributed by atoms with Crippen LogP contribution < -0.4 is 0 Å². The van der Waals surface area contributed by atoms with Crippen molar-refractivity contribution in [2.75, 3.05) is 0 Å². The molecule has 18 heavy (non-hydrogen) atoms. The van der Waals surface area contributed by atoms with Crippen molar-refractivity contribution in [3.63, 3.8) is 0 Å². The van der Waals surface area contributed by atoms with E-state index in [4.69, 9.17) is 16.0 Å². The lowest BCUT2D eigenvalue weighted by Gasteiger charge is -2.04. The summed E-state index contributed by atoms with van der Waals surface area (Å²) in [5, 5.41) is 11.2. The summed E-state index contributed by atoms with van der Waals surface area (Å²) >= 11 is 7.35. The SMILES string of the molecule is OC(Cc1ccc(Cl)s1)c1cc2ccccc2o1. The zero-order valence-corrected chi connectivity index (χ0v) is 11.0. The molecule has 0 radical (unpaired) electrons. The van der Waals surface area contributed by atoms with E-state index in [-0.39, 0.29) is 0 Å². The van der Waals surface area contributed by atoms with Gasteiger partial charge in [0.1, 0.15) is 17.4 Å². The van der Waals surface area contributed by atoms with Crippen molar-refractivity contribution in [1.29, 1.82) is 0 Å². The van der Waals surface area contributed by atoms with E-state index in [0.717, 1.165) is 20.2 Å². The number of hydrogen-bond donors (Lipinski definition) is 1. The van der Waals surface area contributed by atoms with Gasteiger partial charge in [0.05, 0.1) is 4.34 Å². The largest absolute Gasteiger partial charge is 0.458 e. The highest BCUT2D eigenvalue weighted by molar-refractivity contribution is 7.16. The zero-order chi connectivity index (χ0) is 12.5. The molecule has 0 aliphatic carbocycles. The van der Waals surface area contributed by atoms with E-state index in [0.29, 0.717) is 12.2 Å². The van der Waals surface area contributed by atoms with Crippen molar-refractivity contribution in [2.45, 2.75) is 12.5 Å². The summed E-state index contributed by atoms with van der Waals surface area (Å²) in [7, 11) is 0. The average Bonchev–Trinajstić information content (AvgIpc) is 2.95. The summed E-state index contributed by atoms with van der Waals surface area (Å²) in [6.45, 7) is 0. The van der Waals surface area contributed by atoms with Crippen LogP contribution in [-0.4, -0.2) is 5.11 Å². The molecular formula is C14H11ClO2S. The maximum Gasteiger partial charge on any atom is 0.134 e. The number of thiophene rings is 1. The molecule has 1 atom stereocenters. The Morgan fingerprint density at radius 3 is 2.78 bits per heavy atom. The highest BCUT2D eigenvalue weighted by atomic mass is 35.5. The van der Waals surface area contributed by atoms with Crippen LogP contribution in [0.25, 0.3) is 11.0 Å². The topological polar surface area (TPSA) is 33.4 Å². The molecule has 2 nitrogen and oxygen atoms in total. The number of para-hydroxylation sites is 1. The number of benzene rings is 1. The lowest BCUT2D eigenvalue weighted by Crippen LogP contribution is -1.98. The van der Waals surface area contributed by atoms with Gasteiger partial charge in [0.2, 0.25) is 0 Å². The number of hydrogen-bond acceptors (Lipinski definition) is 3. The van der Waals surface area contributed by atoms with Crippen LogP contribution in [0.2, 0.25) is 4.34 Å². The minimum Gasteiger partial charge on any atom is -0.458 e. The molecule has 0 fully saturated rings. The van der Waals surface area contributed by atoms with Gasteiger partial charge in [-0.25, -0.2) is 0 Å². The number of aliphatic hydroxyl groups is 1. The third-order valence-electron chi connectivity index (χ3n) is 2.80. The predicted octanol–water partition coefficient (Wildman–Crippen LogP) is 4.42. The molecule has 2 aromatic heterocycles. The first-order chi connectivity index (χ1) is 8.72. The molecule has 1 N–H and O–H groups in total. The van der Waals surface area contributed by atoms with E-state index in [2.05, 4.69) is 0 Å². The smallest absolute Gasteiger partial charge is 0.134 e. The van der Waals surface area contributed by atoms with Crippen molar-refractivity contribution in [3.8, 4) is 0 Å². The Kier molecular flexibility index (Phi) is 3.12. The minimum atomic E-state index is -0.632. The second-order valence-electron chi connectivity index (χ2n) is 4.11. The van der Waals surface area contributed by atoms with E-state index in [1.807, 2.05) is 42.5 Å². The predicted molar refractivity (Wildman–Crippen MR) is 74.2 cm³/mol. The lowest BCUT2D eigenvalue weighted by atomic mass is 10.1. The number of furan rings is 1. The van der Waals surface area contributed by atoms with Crippen LogP contribution in [0.4, 0.5) is 0 Å². The Bertz CT molecular complexity index is 638. The first-order valence-corrected chi connectivity index (χ1v) is 6.82. The molecule has 0 spiro atoms. The molecule has 0 aliphatic rings. The Hall–Kier alpha value is -1.29. The number of rotatable bonds is 3. The van der Waals surface area contributed by atoms with Gasteiger partial charge in [-0.15, -0.1) is 11.3 Å². The van der Waals surface area contributed by atoms with Gasteiger partial charge in [0, 0.05) is 16.7 Å². The fourth-order valence-electron chi connectivity index (χ4n) is 1.92. The first-order valence-electron chi connectivity index (χ1n) is 5.63. The Balaban J connectivity index is 1.85. The minimum absolute atomic E-state index is 0.525. The summed E-state index contributed by atoms with van der Waals surface area (Å²) < 4.78 is 6.37. The zero-order valence-electron chi connectivity index (χ0n) is 9.47. The van der Waals surface area contributed by atoms with Crippen LogP contribution in [0.1, 0.15) is 16.7 Å². The van der Waals surface area contributed by atoms with Crippen molar-refractivity contribution in [3.05, 3.63) is 57.4 Å². The molecule has 0 saturated heterocycles. The van der Waals surface area contributed by atoms with Crippen LogP contribution in [-0.2, 0) is 6.42 Å². The second-order valence-corrected chi connectivity index (χ2v) is 5.91. The Morgan fingerprint density at radius 1 is 1.22 bits per heavy atom. The first kappa shape index (κ1) is 11.8. The molecule has 2 heterocycles. The molecule has 4 heteroatoms. The van der Waals surface area contributed by atoms with E-state index in [9.17, 15) is 5.11 Å². The van der Waals surface area contributed by atoms with Crippen LogP contribution in [0.3, 0.4) is 0 Å². The summed E-state index contributed by atoms with van der Waals surface area (Å²) in [5.74, 6) is 0.598. The molecular weight excluding hydrogens is 268 g/mol. The maximum atomic E-state index is 10.2. The monoisotopic (exact) mass is 278 g/mol. The maximum absolute atomic E-state index is 10.2. The normalized spacial score (nSPS) is 13.0. The second kappa shape index (κ2) is 4.76. The third-order valence-corrected chi connectivity index (χ3v) is 4.05. The third kappa shape index (κ3) is 2.29. The highest BCUT2D eigenvalue weighted by Crippen LogP contribution is 2.29. The Morgan fingerprint density at radius 2 is 2.06 bits per heavy atom. The number of aliphatic hydroxyl groups excluding tert-OH is 1. The van der Waals surface area contributed by atoms with Gasteiger partial charge in [-0.05, 0) is 24.3 Å². The lowest BCUT2D eigenvalue weighted by molar-refractivity contribution is 0.153. The van der Waals surface area contributed by atoms with E-state index < -0.39 is 6.10 Å². The molecule has 92 valence electrons. The van der Waals surface area contributed by atoms with Crippen molar-refractivity contribution in [2.24, 2.45) is 0 Å². The fraction of sp³-hybridized carbons (Fsp3) is 0.143. The fourth-order valence-corrected chi connectivity index (χ4v) is 3.04. The van der Waals surface area contributed by atoms with Crippen molar-refractivity contribution >= 4 is 33.9 Å².